The maximum Gasteiger partial charge on any atom is 0.243 e. The molecule has 33 heavy (non-hydrogen) atoms. The highest BCUT2D eigenvalue weighted by Crippen LogP contribution is 2.73. The first-order valence-electron chi connectivity index (χ1n) is 11.3. The normalized spacial score (nSPS) is 20.2. The van der Waals surface area contributed by atoms with Crippen LogP contribution in [0.4, 0.5) is 11.4 Å². The molecule has 3 heteroatoms. The number of anilines is 2. The van der Waals surface area contributed by atoms with E-state index in [2.05, 4.69) is 90.4 Å². The van der Waals surface area contributed by atoms with Gasteiger partial charge in [-0.05, 0) is 67.3 Å². The third kappa shape index (κ3) is 2.75. The minimum Gasteiger partial charge on any atom is -0.280 e. The molecule has 0 saturated heterocycles. The van der Waals surface area contributed by atoms with Crippen molar-refractivity contribution in [2.24, 2.45) is 0 Å². The number of carbonyl (C=O) groups is 1. The standard InChI is InChI=1S/C30H24BrNO/c1-20-8-12-22(13-9-20)29(23-14-10-21(2)11-15-23)19-30(29)26-18-24(31)16-17-27(26)32(28(30)33)25-6-4-3-5-7-25/h3-18H,19H2,1-2H3. The summed E-state index contributed by atoms with van der Waals surface area (Å²) in [6.45, 7) is 4.21. The highest BCUT2D eigenvalue weighted by molar-refractivity contribution is 9.10. The van der Waals surface area contributed by atoms with Gasteiger partial charge in [0.05, 0.1) is 11.1 Å². The minimum absolute atomic E-state index is 0.156. The molecule has 1 unspecified atom stereocenters. The fourth-order valence-electron chi connectivity index (χ4n) is 5.77. The van der Waals surface area contributed by atoms with Crippen molar-refractivity contribution in [2.75, 3.05) is 4.90 Å². The summed E-state index contributed by atoms with van der Waals surface area (Å²) in [6.07, 6.45) is 0.762. The van der Waals surface area contributed by atoms with E-state index >= 15 is 0 Å². The number of para-hydroxylation sites is 1. The van der Waals surface area contributed by atoms with Gasteiger partial charge in [0.25, 0.3) is 0 Å². The number of halogens is 1. The van der Waals surface area contributed by atoms with Crippen molar-refractivity contribution in [3.63, 3.8) is 0 Å². The Hall–Kier alpha value is -3.17. The molecule has 1 amide bonds. The van der Waals surface area contributed by atoms with Crippen LogP contribution >= 0.6 is 15.9 Å². The van der Waals surface area contributed by atoms with Gasteiger partial charge in [-0.1, -0.05) is 93.8 Å². The summed E-state index contributed by atoms with van der Waals surface area (Å²) in [7, 11) is 0. The maximum atomic E-state index is 14.5. The fourth-order valence-corrected chi connectivity index (χ4v) is 6.13. The lowest BCUT2D eigenvalue weighted by molar-refractivity contribution is -0.119. The van der Waals surface area contributed by atoms with Crippen LogP contribution < -0.4 is 4.90 Å². The number of rotatable bonds is 3. The Morgan fingerprint density at radius 1 is 0.727 bits per heavy atom. The zero-order valence-corrected chi connectivity index (χ0v) is 20.3. The highest BCUT2D eigenvalue weighted by atomic mass is 79.9. The number of benzene rings is 4. The number of aryl methyl sites for hydroxylation is 2. The van der Waals surface area contributed by atoms with Crippen molar-refractivity contribution < 1.29 is 4.79 Å². The van der Waals surface area contributed by atoms with Gasteiger partial charge in [0.15, 0.2) is 0 Å². The molecule has 1 aliphatic heterocycles. The highest BCUT2D eigenvalue weighted by Gasteiger charge is 2.77. The first kappa shape index (κ1) is 20.4. The molecule has 2 nitrogen and oxygen atoms in total. The van der Waals surface area contributed by atoms with Gasteiger partial charge in [-0.25, -0.2) is 0 Å². The first-order chi connectivity index (χ1) is 16.0. The van der Waals surface area contributed by atoms with E-state index in [1.165, 1.54) is 22.3 Å². The lowest BCUT2D eigenvalue weighted by atomic mass is 9.77. The van der Waals surface area contributed by atoms with E-state index in [-0.39, 0.29) is 5.91 Å². The summed E-state index contributed by atoms with van der Waals surface area (Å²) in [5.41, 5.74) is 6.81. The van der Waals surface area contributed by atoms with Crippen LogP contribution in [0.1, 0.15) is 34.2 Å². The molecular weight excluding hydrogens is 470 g/mol. The molecule has 1 aliphatic carbocycles. The summed E-state index contributed by atoms with van der Waals surface area (Å²) in [5.74, 6) is 0.156. The summed E-state index contributed by atoms with van der Waals surface area (Å²) in [6, 6.07) is 33.7. The molecule has 2 aliphatic rings. The molecule has 4 aromatic carbocycles. The number of carbonyl (C=O) groups excluding carboxylic acids is 1. The second kappa shape index (κ2) is 7.16. The van der Waals surface area contributed by atoms with Crippen molar-refractivity contribution in [2.45, 2.75) is 31.1 Å². The van der Waals surface area contributed by atoms with Crippen LogP contribution in [0.15, 0.2) is 102 Å². The van der Waals surface area contributed by atoms with Gasteiger partial charge in [-0.15, -0.1) is 0 Å². The van der Waals surface area contributed by atoms with Gasteiger partial charge in [0.1, 0.15) is 0 Å². The molecule has 1 heterocycles. The quantitative estimate of drug-likeness (QED) is 0.291. The monoisotopic (exact) mass is 493 g/mol. The molecular formula is C30H24BrNO. The molecule has 0 radical (unpaired) electrons. The van der Waals surface area contributed by atoms with Crippen molar-refractivity contribution >= 4 is 33.2 Å². The molecule has 162 valence electrons. The van der Waals surface area contributed by atoms with E-state index in [0.29, 0.717) is 0 Å². The molecule has 0 N–H and O–H groups in total. The van der Waals surface area contributed by atoms with E-state index in [1.54, 1.807) is 0 Å². The first-order valence-corrected chi connectivity index (χ1v) is 12.1. The van der Waals surface area contributed by atoms with E-state index in [9.17, 15) is 4.79 Å². The van der Waals surface area contributed by atoms with Gasteiger partial charge in [0.2, 0.25) is 5.91 Å². The fraction of sp³-hybridized carbons (Fsp3) is 0.167. The van der Waals surface area contributed by atoms with Gasteiger partial charge in [-0.3, -0.25) is 9.69 Å². The van der Waals surface area contributed by atoms with Crippen molar-refractivity contribution in [3.05, 3.63) is 129 Å². The molecule has 1 fully saturated rings. The smallest absolute Gasteiger partial charge is 0.243 e. The predicted octanol–water partition coefficient (Wildman–Crippen LogP) is 7.37. The lowest BCUT2D eigenvalue weighted by Crippen LogP contribution is -2.34. The van der Waals surface area contributed by atoms with Gasteiger partial charge in [0, 0.05) is 15.6 Å². The Labute approximate surface area is 203 Å². The summed E-state index contributed by atoms with van der Waals surface area (Å²) in [5, 5.41) is 0. The third-order valence-electron chi connectivity index (χ3n) is 7.46. The summed E-state index contributed by atoms with van der Waals surface area (Å²) in [4.78, 5) is 16.4. The van der Waals surface area contributed by atoms with Crippen molar-refractivity contribution in [1.82, 2.24) is 0 Å². The number of nitrogens with zero attached hydrogens (tertiary/aromatic N) is 1. The second-order valence-electron chi connectivity index (χ2n) is 9.36. The van der Waals surface area contributed by atoms with Crippen molar-refractivity contribution in [3.8, 4) is 0 Å². The second-order valence-corrected chi connectivity index (χ2v) is 10.3. The molecule has 1 atom stereocenters. The predicted molar refractivity (Wildman–Crippen MR) is 137 cm³/mol. The van der Waals surface area contributed by atoms with E-state index in [1.807, 2.05) is 41.3 Å². The Balaban J connectivity index is 1.63. The number of hydrogen-bond acceptors (Lipinski definition) is 1. The molecule has 1 saturated carbocycles. The zero-order valence-electron chi connectivity index (χ0n) is 18.7. The zero-order chi connectivity index (χ0) is 22.8. The van der Waals surface area contributed by atoms with Crippen LogP contribution in [-0.2, 0) is 15.6 Å². The molecule has 0 bridgehead atoms. The Morgan fingerprint density at radius 3 is 1.88 bits per heavy atom. The van der Waals surface area contributed by atoms with Crippen LogP contribution in [0.5, 0.6) is 0 Å². The average molecular weight is 494 g/mol. The van der Waals surface area contributed by atoms with Crippen LogP contribution in [0, 0.1) is 13.8 Å². The Kier molecular flexibility index (Phi) is 4.44. The van der Waals surface area contributed by atoms with E-state index < -0.39 is 10.8 Å². The molecule has 1 spiro atoms. The van der Waals surface area contributed by atoms with Gasteiger partial charge in [-0.2, -0.15) is 0 Å². The molecule has 0 aromatic heterocycles. The Morgan fingerprint density at radius 2 is 1.30 bits per heavy atom. The SMILES string of the molecule is Cc1ccc(C2(c3ccc(C)cc3)CC23C(=O)N(c2ccccc2)c2ccc(Br)cc23)cc1. The largest absolute Gasteiger partial charge is 0.280 e. The van der Waals surface area contributed by atoms with Crippen molar-refractivity contribution in [1.29, 1.82) is 0 Å². The van der Waals surface area contributed by atoms with Gasteiger partial charge >= 0.3 is 0 Å². The van der Waals surface area contributed by atoms with E-state index in [0.717, 1.165) is 27.8 Å². The minimum atomic E-state index is -0.632. The van der Waals surface area contributed by atoms with Gasteiger partial charge < -0.3 is 0 Å². The Bertz CT molecular complexity index is 1330. The lowest BCUT2D eigenvalue weighted by Gasteiger charge is -2.25. The maximum absolute atomic E-state index is 14.5. The number of amides is 1. The number of hydrogen-bond donors (Lipinski definition) is 0. The van der Waals surface area contributed by atoms with Crippen LogP contribution in [0.25, 0.3) is 0 Å². The molecule has 4 aromatic rings. The average Bonchev–Trinajstić information content (AvgIpc) is 3.47. The summed E-state index contributed by atoms with van der Waals surface area (Å²) < 4.78 is 0.997. The summed E-state index contributed by atoms with van der Waals surface area (Å²) >= 11 is 3.68. The molecule has 6 rings (SSSR count). The van der Waals surface area contributed by atoms with Crippen LogP contribution in [0.2, 0.25) is 0 Å². The topological polar surface area (TPSA) is 20.3 Å². The third-order valence-corrected chi connectivity index (χ3v) is 7.96. The van der Waals surface area contributed by atoms with Crippen LogP contribution in [-0.4, -0.2) is 5.91 Å². The number of fused-ring (bicyclic) bond motifs is 2. The van der Waals surface area contributed by atoms with E-state index in [4.69, 9.17) is 0 Å². The van der Waals surface area contributed by atoms with Crippen LogP contribution in [0.3, 0.4) is 0 Å².